The van der Waals surface area contributed by atoms with Crippen LogP contribution in [0.15, 0.2) is 23.3 Å². The number of hydrogen-bond acceptors (Lipinski definition) is 7. The number of benzene rings is 1. The Morgan fingerprint density at radius 2 is 1.79 bits per heavy atom. The van der Waals surface area contributed by atoms with Crippen molar-refractivity contribution < 1.29 is 19.1 Å². The van der Waals surface area contributed by atoms with Crippen molar-refractivity contribution in [3.05, 3.63) is 23.8 Å². The number of carbonyl (C=O) groups excluding carboxylic acids is 2. The normalized spacial score (nSPS) is 19.6. The Kier molecular flexibility index (Phi) is 8.10. The molecule has 1 aliphatic heterocycles. The lowest BCUT2D eigenvalue weighted by Gasteiger charge is -2.38. The number of hydrazine groups is 1. The van der Waals surface area contributed by atoms with Gasteiger partial charge in [0.25, 0.3) is 0 Å². The number of fused-ring (bicyclic) bond motifs is 1. The van der Waals surface area contributed by atoms with Crippen LogP contribution in [0, 0.1) is 0 Å². The van der Waals surface area contributed by atoms with Crippen molar-refractivity contribution in [2.45, 2.75) is 82.8 Å². The van der Waals surface area contributed by atoms with E-state index in [1.807, 2.05) is 6.92 Å². The predicted octanol–water partition coefficient (Wildman–Crippen LogP) is 1.74. The van der Waals surface area contributed by atoms with Gasteiger partial charge in [-0.3, -0.25) is 9.59 Å². The van der Waals surface area contributed by atoms with E-state index < -0.39 is 6.04 Å². The average molecular weight is 473 g/mol. The van der Waals surface area contributed by atoms with E-state index in [4.69, 9.17) is 15.2 Å². The fraction of sp³-hybridized carbons (Fsp3) is 0.625. The van der Waals surface area contributed by atoms with Gasteiger partial charge in [0.05, 0.1) is 6.54 Å². The van der Waals surface area contributed by atoms with E-state index in [0.717, 1.165) is 51.4 Å². The SMILES string of the molecule is C[C@H](C(=O)NC1CCCC1)N(C(=O)CNN/N=C(\N)c1ccc2c(c1)OCO2)C1CCCCC1. The summed E-state index contributed by atoms with van der Waals surface area (Å²) >= 11 is 0. The summed E-state index contributed by atoms with van der Waals surface area (Å²) in [6, 6.07) is 5.11. The Balaban J connectivity index is 1.33. The van der Waals surface area contributed by atoms with Gasteiger partial charge in [0, 0.05) is 17.6 Å². The van der Waals surface area contributed by atoms with Crippen LogP contribution in [0.25, 0.3) is 0 Å². The molecule has 0 aromatic heterocycles. The monoisotopic (exact) mass is 472 g/mol. The molecule has 186 valence electrons. The highest BCUT2D eigenvalue weighted by molar-refractivity contribution is 5.98. The average Bonchev–Trinajstić information content (AvgIpc) is 3.54. The van der Waals surface area contributed by atoms with Crippen LogP contribution in [0.1, 0.15) is 70.3 Å². The summed E-state index contributed by atoms with van der Waals surface area (Å²) in [6.45, 7) is 2.02. The summed E-state index contributed by atoms with van der Waals surface area (Å²) in [7, 11) is 0. The Hall–Kier alpha value is -3.01. The second kappa shape index (κ2) is 11.4. The Bertz CT molecular complexity index is 895. The third-order valence-corrected chi connectivity index (χ3v) is 6.92. The summed E-state index contributed by atoms with van der Waals surface area (Å²) in [4.78, 5) is 27.9. The number of hydrogen-bond donors (Lipinski definition) is 4. The van der Waals surface area contributed by atoms with E-state index in [2.05, 4.69) is 21.4 Å². The maximum absolute atomic E-state index is 13.2. The number of nitrogens with one attached hydrogen (secondary N) is 3. The number of rotatable bonds is 9. The van der Waals surface area contributed by atoms with Crippen molar-refractivity contribution in [3.8, 4) is 11.5 Å². The highest BCUT2D eigenvalue weighted by Gasteiger charge is 2.33. The Morgan fingerprint density at radius 3 is 2.56 bits per heavy atom. The smallest absolute Gasteiger partial charge is 0.242 e. The lowest BCUT2D eigenvalue weighted by atomic mass is 9.93. The first-order valence-corrected chi connectivity index (χ1v) is 12.4. The van der Waals surface area contributed by atoms with Gasteiger partial charge in [-0.1, -0.05) is 32.1 Å². The zero-order valence-electron chi connectivity index (χ0n) is 19.8. The lowest BCUT2D eigenvalue weighted by molar-refractivity contribution is -0.143. The summed E-state index contributed by atoms with van der Waals surface area (Å²) in [5.74, 6) is 1.33. The summed E-state index contributed by atoms with van der Waals surface area (Å²) < 4.78 is 10.7. The van der Waals surface area contributed by atoms with E-state index in [9.17, 15) is 9.59 Å². The van der Waals surface area contributed by atoms with Crippen LogP contribution in [0.5, 0.6) is 11.5 Å². The molecule has 1 aromatic rings. The molecule has 10 heteroatoms. The number of nitrogens with two attached hydrogens (primary N) is 1. The highest BCUT2D eigenvalue weighted by atomic mass is 16.7. The third kappa shape index (κ3) is 5.91. The van der Waals surface area contributed by atoms with Gasteiger partial charge in [-0.15, -0.1) is 5.10 Å². The zero-order chi connectivity index (χ0) is 23.9. The number of hydrazone groups is 1. The van der Waals surface area contributed by atoms with E-state index in [1.54, 1.807) is 23.1 Å². The minimum absolute atomic E-state index is 0.00450. The molecule has 3 aliphatic rings. The molecule has 2 fully saturated rings. The van der Waals surface area contributed by atoms with E-state index >= 15 is 0 Å². The first kappa shape index (κ1) is 24.1. The molecule has 2 saturated carbocycles. The number of ether oxygens (including phenoxy) is 2. The fourth-order valence-corrected chi connectivity index (χ4v) is 5.04. The van der Waals surface area contributed by atoms with Gasteiger partial charge in [0.15, 0.2) is 17.3 Å². The molecule has 0 saturated heterocycles. The first-order valence-electron chi connectivity index (χ1n) is 12.4. The van der Waals surface area contributed by atoms with Crippen molar-refractivity contribution in [2.75, 3.05) is 13.3 Å². The van der Waals surface area contributed by atoms with E-state index in [0.29, 0.717) is 17.1 Å². The van der Waals surface area contributed by atoms with Crippen molar-refractivity contribution in [3.63, 3.8) is 0 Å². The molecule has 5 N–H and O–H groups in total. The van der Waals surface area contributed by atoms with Crippen molar-refractivity contribution in [1.82, 2.24) is 21.2 Å². The van der Waals surface area contributed by atoms with Crippen LogP contribution < -0.4 is 31.5 Å². The van der Waals surface area contributed by atoms with E-state index in [1.165, 1.54) is 6.42 Å². The molecular formula is C24H36N6O4. The van der Waals surface area contributed by atoms with Gasteiger partial charge in [-0.25, -0.2) is 11.0 Å². The van der Waals surface area contributed by atoms with Crippen LogP contribution in [-0.2, 0) is 9.59 Å². The van der Waals surface area contributed by atoms with Gasteiger partial charge in [0.1, 0.15) is 6.04 Å². The number of amides is 2. The molecule has 1 aromatic carbocycles. The Labute approximate surface area is 200 Å². The molecule has 2 amide bonds. The van der Waals surface area contributed by atoms with Crippen LogP contribution in [0.4, 0.5) is 0 Å². The Morgan fingerprint density at radius 1 is 1.09 bits per heavy atom. The molecule has 0 unspecified atom stereocenters. The molecule has 0 spiro atoms. The summed E-state index contributed by atoms with van der Waals surface area (Å²) in [5.41, 5.74) is 12.2. The number of amidine groups is 1. The topological polar surface area (TPSA) is 130 Å². The fourth-order valence-electron chi connectivity index (χ4n) is 5.04. The van der Waals surface area contributed by atoms with Crippen LogP contribution in [-0.4, -0.2) is 54.0 Å². The number of carbonyl (C=O) groups is 2. The van der Waals surface area contributed by atoms with Gasteiger partial charge >= 0.3 is 0 Å². The summed E-state index contributed by atoms with van der Waals surface area (Å²) in [5, 5.41) is 7.24. The third-order valence-electron chi connectivity index (χ3n) is 6.92. The van der Waals surface area contributed by atoms with Gasteiger partial charge in [-0.05, 0) is 50.8 Å². The van der Waals surface area contributed by atoms with Gasteiger partial charge in [0.2, 0.25) is 18.6 Å². The zero-order valence-corrected chi connectivity index (χ0v) is 19.8. The molecule has 10 nitrogen and oxygen atoms in total. The predicted molar refractivity (Wildman–Crippen MR) is 128 cm³/mol. The molecule has 0 bridgehead atoms. The van der Waals surface area contributed by atoms with Crippen molar-refractivity contribution in [2.24, 2.45) is 10.8 Å². The van der Waals surface area contributed by atoms with E-state index in [-0.39, 0.29) is 43.1 Å². The van der Waals surface area contributed by atoms with Crippen molar-refractivity contribution >= 4 is 17.6 Å². The second-order valence-corrected chi connectivity index (χ2v) is 9.29. The quantitative estimate of drug-likeness (QED) is 0.186. The van der Waals surface area contributed by atoms with Crippen LogP contribution in [0.2, 0.25) is 0 Å². The number of nitrogens with zero attached hydrogens (tertiary/aromatic N) is 2. The molecule has 34 heavy (non-hydrogen) atoms. The standard InChI is InChI=1S/C24H36N6O4/c1-16(24(32)27-18-7-5-6-8-18)30(19-9-3-2-4-10-19)22(31)14-26-29-28-23(25)17-11-12-20-21(13-17)34-15-33-20/h11-13,16,18-19,26,29H,2-10,14-15H2,1H3,(H2,25,28)(H,27,32)/t16-/m1/s1. The molecule has 1 atom stereocenters. The molecule has 2 aliphatic carbocycles. The lowest BCUT2D eigenvalue weighted by Crippen LogP contribution is -2.56. The summed E-state index contributed by atoms with van der Waals surface area (Å²) in [6.07, 6.45) is 9.51. The maximum atomic E-state index is 13.2. The van der Waals surface area contributed by atoms with Crippen molar-refractivity contribution in [1.29, 1.82) is 0 Å². The molecular weight excluding hydrogens is 436 g/mol. The largest absolute Gasteiger partial charge is 0.454 e. The van der Waals surface area contributed by atoms with Gasteiger partial charge < -0.3 is 25.4 Å². The minimum Gasteiger partial charge on any atom is -0.454 e. The highest BCUT2D eigenvalue weighted by Crippen LogP contribution is 2.32. The van der Waals surface area contributed by atoms with Crippen LogP contribution >= 0.6 is 0 Å². The van der Waals surface area contributed by atoms with Crippen LogP contribution in [0.3, 0.4) is 0 Å². The maximum Gasteiger partial charge on any atom is 0.242 e. The minimum atomic E-state index is -0.514. The van der Waals surface area contributed by atoms with Gasteiger partial charge in [-0.2, -0.15) is 0 Å². The molecule has 4 rings (SSSR count). The first-order chi connectivity index (χ1) is 16.5. The second-order valence-electron chi connectivity index (χ2n) is 9.29. The molecule has 1 heterocycles. The molecule has 0 radical (unpaired) electrons.